The summed E-state index contributed by atoms with van der Waals surface area (Å²) in [4.78, 5) is 5.80. The molecule has 0 aliphatic rings. The van der Waals surface area contributed by atoms with Crippen LogP contribution in [0, 0.1) is 6.92 Å². The molecule has 1 unspecified atom stereocenters. The van der Waals surface area contributed by atoms with Gasteiger partial charge in [0, 0.05) is 22.5 Å². The largest absolute Gasteiger partial charge is 0.461 e. The van der Waals surface area contributed by atoms with Gasteiger partial charge < -0.3 is 9.73 Å². The summed E-state index contributed by atoms with van der Waals surface area (Å²) < 4.78 is 5.80. The molecule has 2 aromatic heterocycles. The minimum atomic E-state index is 0.324. The fourth-order valence-electron chi connectivity index (χ4n) is 2.18. The van der Waals surface area contributed by atoms with Crippen LogP contribution in [0.25, 0.3) is 21.5 Å². The van der Waals surface area contributed by atoms with Crippen molar-refractivity contribution in [3.8, 4) is 10.6 Å². The van der Waals surface area contributed by atoms with Crippen LogP contribution in [0.4, 0.5) is 0 Å². The Hall–Kier alpha value is -1.65. The third kappa shape index (κ3) is 2.07. The van der Waals surface area contributed by atoms with Gasteiger partial charge in [0.2, 0.25) is 0 Å². The third-order valence-electron chi connectivity index (χ3n) is 3.37. The molecule has 0 fully saturated rings. The summed E-state index contributed by atoms with van der Waals surface area (Å²) in [5, 5.41) is 5.40. The minimum Gasteiger partial charge on any atom is -0.461 e. The van der Waals surface area contributed by atoms with Crippen LogP contribution in [-0.4, -0.2) is 12.0 Å². The summed E-state index contributed by atoms with van der Waals surface area (Å²) in [6, 6.07) is 8.43. The van der Waals surface area contributed by atoms with E-state index in [1.54, 1.807) is 11.3 Å². The molecular formula is C15H16N2OS. The second kappa shape index (κ2) is 4.79. The number of aryl methyl sites for hydroxylation is 1. The minimum absolute atomic E-state index is 0.324. The Labute approximate surface area is 116 Å². The first-order chi connectivity index (χ1) is 9.20. The van der Waals surface area contributed by atoms with Crippen LogP contribution in [0.1, 0.15) is 23.6 Å². The number of furan rings is 1. The van der Waals surface area contributed by atoms with E-state index in [0.29, 0.717) is 6.04 Å². The highest BCUT2D eigenvalue weighted by Crippen LogP contribution is 2.37. The maximum Gasteiger partial charge on any atom is 0.135 e. The van der Waals surface area contributed by atoms with E-state index in [1.807, 2.05) is 38.4 Å². The third-order valence-corrected chi connectivity index (χ3v) is 4.57. The molecule has 3 rings (SSSR count). The predicted molar refractivity (Wildman–Crippen MR) is 79.5 cm³/mol. The number of nitrogens with one attached hydrogen (secondary N) is 1. The lowest BCUT2D eigenvalue weighted by Gasteiger charge is -2.04. The number of hydrogen-bond acceptors (Lipinski definition) is 4. The molecule has 0 aliphatic carbocycles. The highest BCUT2D eigenvalue weighted by molar-refractivity contribution is 7.15. The number of aromatic nitrogens is 1. The zero-order valence-electron chi connectivity index (χ0n) is 11.2. The first-order valence-corrected chi connectivity index (χ1v) is 7.14. The zero-order valence-corrected chi connectivity index (χ0v) is 12.0. The van der Waals surface area contributed by atoms with Crippen molar-refractivity contribution < 1.29 is 4.42 Å². The van der Waals surface area contributed by atoms with Gasteiger partial charge in [-0.2, -0.15) is 0 Å². The Morgan fingerprint density at radius 3 is 2.89 bits per heavy atom. The van der Waals surface area contributed by atoms with Crippen LogP contribution in [0.5, 0.6) is 0 Å². The average molecular weight is 272 g/mol. The number of rotatable bonds is 3. The Morgan fingerprint density at radius 1 is 1.32 bits per heavy atom. The summed E-state index contributed by atoms with van der Waals surface area (Å²) in [7, 11) is 1.96. The SMILES string of the molecule is CNC(C)c1cnc(-c2c(C)oc3ccccc23)s1. The number of fused-ring (bicyclic) bond motifs is 1. The first-order valence-electron chi connectivity index (χ1n) is 6.32. The molecule has 0 saturated carbocycles. The number of hydrogen-bond donors (Lipinski definition) is 1. The topological polar surface area (TPSA) is 38.1 Å². The molecule has 19 heavy (non-hydrogen) atoms. The van der Waals surface area contributed by atoms with E-state index in [-0.39, 0.29) is 0 Å². The van der Waals surface area contributed by atoms with Crippen LogP contribution >= 0.6 is 11.3 Å². The number of benzene rings is 1. The molecule has 2 heterocycles. The highest BCUT2D eigenvalue weighted by atomic mass is 32.1. The predicted octanol–water partition coefficient (Wildman–Crippen LogP) is 4.15. The van der Waals surface area contributed by atoms with Gasteiger partial charge in [0.25, 0.3) is 0 Å². The van der Waals surface area contributed by atoms with Crippen LogP contribution in [0.15, 0.2) is 34.9 Å². The van der Waals surface area contributed by atoms with E-state index in [4.69, 9.17) is 4.42 Å². The summed E-state index contributed by atoms with van der Waals surface area (Å²) >= 11 is 1.72. The van der Waals surface area contributed by atoms with E-state index in [2.05, 4.69) is 23.3 Å². The molecule has 0 bridgehead atoms. The van der Waals surface area contributed by atoms with Crippen LogP contribution in [0.2, 0.25) is 0 Å². The molecule has 3 nitrogen and oxygen atoms in total. The van der Waals surface area contributed by atoms with E-state index in [0.717, 1.165) is 27.3 Å². The number of thiazole rings is 1. The van der Waals surface area contributed by atoms with Crippen LogP contribution < -0.4 is 5.32 Å². The number of para-hydroxylation sites is 1. The van der Waals surface area contributed by atoms with Crippen LogP contribution in [-0.2, 0) is 0 Å². The summed E-state index contributed by atoms with van der Waals surface area (Å²) in [5.74, 6) is 0.930. The lowest BCUT2D eigenvalue weighted by molar-refractivity contribution is 0.580. The van der Waals surface area contributed by atoms with Crippen molar-refractivity contribution in [1.29, 1.82) is 0 Å². The molecule has 98 valence electrons. The van der Waals surface area contributed by atoms with E-state index < -0.39 is 0 Å². The van der Waals surface area contributed by atoms with Gasteiger partial charge in [0.1, 0.15) is 16.4 Å². The maximum absolute atomic E-state index is 5.80. The maximum atomic E-state index is 5.80. The quantitative estimate of drug-likeness (QED) is 0.778. The standard InChI is InChI=1S/C15H16N2OS/c1-9(16-3)13-8-17-15(19-13)14-10(2)18-12-7-5-4-6-11(12)14/h4-9,16H,1-3H3. The van der Waals surface area contributed by atoms with Gasteiger partial charge in [-0.1, -0.05) is 18.2 Å². The summed E-state index contributed by atoms with van der Waals surface area (Å²) in [6.45, 7) is 4.13. The molecule has 4 heteroatoms. The Kier molecular flexibility index (Phi) is 3.12. The lowest BCUT2D eigenvalue weighted by Crippen LogP contribution is -2.10. The normalized spacial score (nSPS) is 13.0. The molecule has 0 aliphatic heterocycles. The van der Waals surface area contributed by atoms with Gasteiger partial charge in [-0.05, 0) is 27.0 Å². The monoisotopic (exact) mass is 272 g/mol. The van der Waals surface area contributed by atoms with Crippen molar-refractivity contribution in [3.05, 3.63) is 41.1 Å². The van der Waals surface area contributed by atoms with Crippen molar-refractivity contribution in [3.63, 3.8) is 0 Å². The molecule has 1 N–H and O–H groups in total. The molecule has 1 atom stereocenters. The molecule has 0 radical (unpaired) electrons. The second-order valence-electron chi connectivity index (χ2n) is 4.61. The molecule has 0 saturated heterocycles. The molecule has 1 aromatic carbocycles. The molecule has 3 aromatic rings. The van der Waals surface area contributed by atoms with Crippen molar-refractivity contribution in [2.75, 3.05) is 7.05 Å². The zero-order chi connectivity index (χ0) is 13.4. The summed E-state index contributed by atoms with van der Waals surface area (Å²) in [6.07, 6.45) is 1.95. The fourth-order valence-corrected chi connectivity index (χ4v) is 3.26. The fraction of sp³-hybridized carbons (Fsp3) is 0.267. The number of nitrogens with zero attached hydrogens (tertiary/aromatic N) is 1. The lowest BCUT2D eigenvalue weighted by atomic mass is 10.1. The van der Waals surface area contributed by atoms with Crippen molar-refractivity contribution >= 4 is 22.3 Å². The smallest absolute Gasteiger partial charge is 0.135 e. The van der Waals surface area contributed by atoms with Crippen molar-refractivity contribution in [2.45, 2.75) is 19.9 Å². The van der Waals surface area contributed by atoms with E-state index in [1.165, 1.54) is 4.88 Å². The van der Waals surface area contributed by atoms with Gasteiger partial charge in [-0.25, -0.2) is 4.98 Å². The van der Waals surface area contributed by atoms with Gasteiger partial charge in [0.05, 0.1) is 5.56 Å². The van der Waals surface area contributed by atoms with Gasteiger partial charge in [-0.15, -0.1) is 11.3 Å². The van der Waals surface area contributed by atoms with Gasteiger partial charge in [0.15, 0.2) is 0 Å². The van der Waals surface area contributed by atoms with Crippen molar-refractivity contribution in [2.24, 2.45) is 0 Å². The Morgan fingerprint density at radius 2 is 2.11 bits per heavy atom. The van der Waals surface area contributed by atoms with Crippen molar-refractivity contribution in [1.82, 2.24) is 10.3 Å². The Bertz CT molecular complexity index is 714. The second-order valence-corrected chi connectivity index (χ2v) is 5.67. The molecule has 0 amide bonds. The first kappa shape index (κ1) is 12.4. The van der Waals surface area contributed by atoms with E-state index in [9.17, 15) is 0 Å². The molecular weight excluding hydrogens is 256 g/mol. The average Bonchev–Trinajstić information content (AvgIpc) is 3.00. The van der Waals surface area contributed by atoms with E-state index >= 15 is 0 Å². The highest BCUT2D eigenvalue weighted by Gasteiger charge is 2.17. The summed E-state index contributed by atoms with van der Waals surface area (Å²) in [5.41, 5.74) is 2.04. The Balaban J connectivity index is 2.14. The van der Waals surface area contributed by atoms with Gasteiger partial charge in [-0.3, -0.25) is 0 Å². The molecule has 0 spiro atoms. The van der Waals surface area contributed by atoms with Gasteiger partial charge >= 0.3 is 0 Å². The van der Waals surface area contributed by atoms with Crippen LogP contribution in [0.3, 0.4) is 0 Å².